The van der Waals surface area contributed by atoms with E-state index >= 15 is 0 Å². The lowest BCUT2D eigenvalue weighted by molar-refractivity contribution is 0.439. The Hall–Kier alpha value is -0.820. The Morgan fingerprint density at radius 2 is 2.07 bits per heavy atom. The molecule has 1 heteroatoms. The summed E-state index contributed by atoms with van der Waals surface area (Å²) < 4.78 is 0. The van der Waals surface area contributed by atoms with Crippen LogP contribution in [-0.2, 0) is 0 Å². The third-order valence-electron chi connectivity index (χ3n) is 4.41. The van der Waals surface area contributed by atoms with Crippen LogP contribution in [0.25, 0.3) is 0 Å². The summed E-state index contributed by atoms with van der Waals surface area (Å²) in [5.74, 6) is 1.73. The number of benzene rings is 1. The van der Waals surface area contributed by atoms with Gasteiger partial charge in [-0.05, 0) is 61.8 Å². The van der Waals surface area contributed by atoms with Gasteiger partial charge in [0.1, 0.15) is 0 Å². The average molecular weight is 201 g/mol. The van der Waals surface area contributed by atoms with Gasteiger partial charge in [0.15, 0.2) is 0 Å². The van der Waals surface area contributed by atoms with Crippen molar-refractivity contribution in [2.45, 2.75) is 38.6 Å². The van der Waals surface area contributed by atoms with E-state index in [1.807, 2.05) is 0 Å². The highest BCUT2D eigenvalue weighted by Gasteiger charge is 2.40. The molecule has 0 radical (unpaired) electrons. The monoisotopic (exact) mass is 201 g/mol. The van der Waals surface area contributed by atoms with Crippen molar-refractivity contribution in [2.24, 2.45) is 5.92 Å². The summed E-state index contributed by atoms with van der Waals surface area (Å²) in [6.07, 6.45) is 2.76. The lowest BCUT2D eigenvalue weighted by Gasteiger charge is -2.25. The molecule has 1 aliphatic heterocycles. The Kier molecular flexibility index (Phi) is 2.10. The molecule has 2 fully saturated rings. The highest BCUT2D eigenvalue weighted by atomic mass is 15.0. The molecule has 1 nitrogen and oxygen atoms in total. The SMILES string of the molecule is Cc1cccc([C@H]2C[C@H]3C[C@@H]2CN3)c1C. The molecule has 15 heavy (non-hydrogen) atoms. The van der Waals surface area contributed by atoms with Crippen molar-refractivity contribution in [3.05, 3.63) is 34.9 Å². The minimum Gasteiger partial charge on any atom is -0.314 e. The summed E-state index contributed by atoms with van der Waals surface area (Å²) in [5, 5.41) is 3.59. The molecule has 0 amide bonds. The first kappa shape index (κ1) is 9.41. The van der Waals surface area contributed by atoms with Crippen LogP contribution in [0.15, 0.2) is 18.2 Å². The Bertz CT molecular complexity index is 383. The second-order valence-corrected chi connectivity index (χ2v) is 5.23. The van der Waals surface area contributed by atoms with Crippen molar-refractivity contribution >= 4 is 0 Å². The van der Waals surface area contributed by atoms with Crippen molar-refractivity contribution in [1.29, 1.82) is 0 Å². The standard InChI is InChI=1S/C14H19N/c1-9-4-3-5-13(10(9)2)14-7-12-6-11(14)8-15-12/h3-5,11-12,14-15H,6-8H2,1-2H3/t11-,12-,14+/m1/s1. The third-order valence-corrected chi connectivity index (χ3v) is 4.41. The highest BCUT2D eigenvalue weighted by molar-refractivity contribution is 5.37. The molecule has 80 valence electrons. The lowest BCUT2D eigenvalue weighted by Crippen LogP contribution is -2.28. The molecule has 1 aliphatic carbocycles. The van der Waals surface area contributed by atoms with E-state index in [0.717, 1.165) is 17.9 Å². The van der Waals surface area contributed by atoms with Crippen LogP contribution in [0.5, 0.6) is 0 Å². The lowest BCUT2D eigenvalue weighted by atomic mass is 9.84. The molecular weight excluding hydrogens is 182 g/mol. The van der Waals surface area contributed by atoms with Gasteiger partial charge in [-0.2, -0.15) is 0 Å². The van der Waals surface area contributed by atoms with Crippen molar-refractivity contribution in [1.82, 2.24) is 5.32 Å². The van der Waals surface area contributed by atoms with Gasteiger partial charge in [-0.25, -0.2) is 0 Å². The Labute approximate surface area is 91.9 Å². The van der Waals surface area contributed by atoms with E-state index in [-0.39, 0.29) is 0 Å². The summed E-state index contributed by atoms with van der Waals surface area (Å²) in [6.45, 7) is 5.75. The Morgan fingerprint density at radius 3 is 2.73 bits per heavy atom. The molecule has 1 saturated heterocycles. The first-order valence-electron chi connectivity index (χ1n) is 6.05. The number of hydrogen-bond donors (Lipinski definition) is 1. The molecule has 2 aliphatic rings. The summed E-state index contributed by atoms with van der Waals surface area (Å²) in [4.78, 5) is 0. The van der Waals surface area contributed by atoms with Crippen LogP contribution >= 0.6 is 0 Å². The van der Waals surface area contributed by atoms with Crippen molar-refractivity contribution in [3.63, 3.8) is 0 Å². The second-order valence-electron chi connectivity index (χ2n) is 5.23. The molecule has 2 bridgehead atoms. The van der Waals surface area contributed by atoms with Crippen LogP contribution in [0, 0.1) is 19.8 Å². The third kappa shape index (κ3) is 1.41. The maximum absolute atomic E-state index is 3.59. The van der Waals surface area contributed by atoms with Crippen LogP contribution < -0.4 is 5.32 Å². The maximum Gasteiger partial charge on any atom is 0.00764 e. The normalized spacial score (nSPS) is 33.6. The topological polar surface area (TPSA) is 12.0 Å². The smallest absolute Gasteiger partial charge is 0.00764 e. The van der Waals surface area contributed by atoms with Gasteiger partial charge < -0.3 is 5.32 Å². The zero-order chi connectivity index (χ0) is 10.4. The predicted octanol–water partition coefficient (Wildman–Crippen LogP) is 2.77. The van der Waals surface area contributed by atoms with Gasteiger partial charge in [0, 0.05) is 6.04 Å². The Balaban J connectivity index is 1.96. The first-order chi connectivity index (χ1) is 7.25. The molecule has 1 heterocycles. The van der Waals surface area contributed by atoms with Gasteiger partial charge >= 0.3 is 0 Å². The van der Waals surface area contributed by atoms with Crippen LogP contribution in [0.3, 0.4) is 0 Å². The van der Waals surface area contributed by atoms with Gasteiger partial charge in [0.05, 0.1) is 0 Å². The fraction of sp³-hybridized carbons (Fsp3) is 0.571. The van der Waals surface area contributed by atoms with Crippen molar-refractivity contribution in [2.75, 3.05) is 6.54 Å². The van der Waals surface area contributed by atoms with E-state index in [9.17, 15) is 0 Å². The number of piperidine rings is 1. The molecule has 0 unspecified atom stereocenters. The van der Waals surface area contributed by atoms with Crippen LogP contribution in [0.2, 0.25) is 0 Å². The summed E-state index contributed by atoms with van der Waals surface area (Å²) in [5.41, 5.74) is 4.59. The maximum atomic E-state index is 3.59. The zero-order valence-electron chi connectivity index (χ0n) is 9.59. The molecule has 0 aromatic heterocycles. The summed E-state index contributed by atoms with van der Waals surface area (Å²) in [7, 11) is 0. The van der Waals surface area contributed by atoms with E-state index in [1.54, 1.807) is 5.56 Å². The van der Waals surface area contributed by atoms with Gasteiger partial charge in [-0.15, -0.1) is 0 Å². The minimum atomic E-state index is 0.805. The second kappa shape index (κ2) is 3.34. The number of rotatable bonds is 1. The zero-order valence-corrected chi connectivity index (χ0v) is 9.59. The number of fused-ring (bicyclic) bond motifs is 2. The number of nitrogens with one attached hydrogen (secondary N) is 1. The van der Waals surface area contributed by atoms with Gasteiger partial charge in [0.2, 0.25) is 0 Å². The van der Waals surface area contributed by atoms with E-state index in [4.69, 9.17) is 0 Å². The molecule has 1 saturated carbocycles. The quantitative estimate of drug-likeness (QED) is 0.736. The predicted molar refractivity (Wildman–Crippen MR) is 63.2 cm³/mol. The van der Waals surface area contributed by atoms with Gasteiger partial charge in [-0.1, -0.05) is 18.2 Å². The fourth-order valence-electron chi connectivity index (χ4n) is 3.39. The first-order valence-corrected chi connectivity index (χ1v) is 6.05. The molecule has 3 atom stereocenters. The minimum absolute atomic E-state index is 0.805. The molecule has 3 rings (SSSR count). The van der Waals surface area contributed by atoms with Crippen molar-refractivity contribution < 1.29 is 0 Å². The van der Waals surface area contributed by atoms with Crippen LogP contribution in [0.4, 0.5) is 0 Å². The summed E-state index contributed by atoms with van der Waals surface area (Å²) >= 11 is 0. The fourth-order valence-corrected chi connectivity index (χ4v) is 3.39. The number of aryl methyl sites for hydroxylation is 1. The van der Waals surface area contributed by atoms with E-state index < -0.39 is 0 Å². The van der Waals surface area contributed by atoms with E-state index in [2.05, 4.69) is 37.4 Å². The van der Waals surface area contributed by atoms with Crippen LogP contribution in [0.1, 0.15) is 35.4 Å². The molecule has 1 aromatic carbocycles. The average Bonchev–Trinajstić information content (AvgIpc) is 2.83. The van der Waals surface area contributed by atoms with E-state index in [1.165, 1.54) is 30.5 Å². The molecule has 0 spiro atoms. The van der Waals surface area contributed by atoms with Gasteiger partial charge in [0.25, 0.3) is 0 Å². The van der Waals surface area contributed by atoms with Crippen molar-refractivity contribution in [3.8, 4) is 0 Å². The van der Waals surface area contributed by atoms with Crippen LogP contribution in [-0.4, -0.2) is 12.6 Å². The molecule has 1 aromatic rings. The Morgan fingerprint density at radius 1 is 1.20 bits per heavy atom. The van der Waals surface area contributed by atoms with Gasteiger partial charge in [-0.3, -0.25) is 0 Å². The largest absolute Gasteiger partial charge is 0.314 e. The van der Waals surface area contributed by atoms with E-state index in [0.29, 0.717) is 0 Å². The molecule has 1 N–H and O–H groups in total. The number of hydrogen-bond acceptors (Lipinski definition) is 1. The summed E-state index contributed by atoms with van der Waals surface area (Å²) in [6, 6.07) is 7.59. The molecular formula is C14H19N. The highest BCUT2D eigenvalue weighted by Crippen LogP contribution is 2.44.